The average Bonchev–Trinajstić information content (AvgIpc) is 3.10. The third-order valence-corrected chi connectivity index (χ3v) is 5.79. The van der Waals surface area contributed by atoms with Gasteiger partial charge in [0.25, 0.3) is 0 Å². The molecule has 27 heavy (non-hydrogen) atoms. The minimum Gasteiger partial charge on any atom is -0.355 e. The number of piperidine rings is 1. The summed E-state index contributed by atoms with van der Waals surface area (Å²) in [5, 5.41) is 12.4. The van der Waals surface area contributed by atoms with Crippen molar-refractivity contribution in [1.29, 1.82) is 0 Å². The average molecular weight is 388 g/mol. The lowest BCUT2D eigenvalue weighted by molar-refractivity contribution is -0.120. The minimum atomic E-state index is -0.223. The highest BCUT2D eigenvalue weighted by Crippen LogP contribution is 2.30. The summed E-state index contributed by atoms with van der Waals surface area (Å²) in [6.07, 6.45) is 4.56. The summed E-state index contributed by atoms with van der Waals surface area (Å²) in [6.45, 7) is 8.76. The molecule has 0 radical (unpaired) electrons. The second-order valence-corrected chi connectivity index (χ2v) is 8.36. The van der Waals surface area contributed by atoms with Gasteiger partial charge < -0.3 is 10.2 Å². The molecule has 7 heteroatoms. The van der Waals surface area contributed by atoms with Gasteiger partial charge >= 0.3 is 0 Å². The molecule has 1 amide bonds. The fourth-order valence-electron chi connectivity index (χ4n) is 3.16. The second-order valence-electron chi connectivity index (χ2n) is 7.05. The predicted octanol–water partition coefficient (Wildman–Crippen LogP) is 3.57. The first kappa shape index (κ1) is 19.7. The van der Waals surface area contributed by atoms with Crippen LogP contribution in [0.5, 0.6) is 0 Å². The zero-order valence-electron chi connectivity index (χ0n) is 16.4. The van der Waals surface area contributed by atoms with Gasteiger partial charge in [-0.1, -0.05) is 36.4 Å². The molecule has 2 aromatic rings. The number of aryl methyl sites for hydroxylation is 1. The summed E-state index contributed by atoms with van der Waals surface area (Å²) >= 11 is 1.46. The van der Waals surface area contributed by atoms with Crippen molar-refractivity contribution in [2.24, 2.45) is 0 Å². The molecule has 0 spiro atoms. The predicted molar refractivity (Wildman–Crippen MR) is 111 cm³/mol. The van der Waals surface area contributed by atoms with E-state index >= 15 is 0 Å². The number of hydrogen-bond donors (Lipinski definition) is 1. The summed E-state index contributed by atoms with van der Waals surface area (Å²) in [7, 11) is 0. The van der Waals surface area contributed by atoms with E-state index in [9.17, 15) is 4.79 Å². The Kier molecular flexibility index (Phi) is 6.77. The molecule has 1 saturated heterocycles. The molecule has 0 aliphatic carbocycles. The van der Waals surface area contributed by atoms with Gasteiger partial charge in [-0.25, -0.2) is 0 Å². The Bertz CT molecular complexity index is 752. The number of thioether (sulfide) groups is 1. The van der Waals surface area contributed by atoms with Gasteiger partial charge in [-0.05, 0) is 51.7 Å². The molecule has 1 fully saturated rings. The molecule has 6 nitrogen and oxygen atoms in total. The quantitative estimate of drug-likeness (QED) is 0.736. The van der Waals surface area contributed by atoms with E-state index in [1.807, 2.05) is 6.92 Å². The largest absolute Gasteiger partial charge is 0.355 e. The van der Waals surface area contributed by atoms with E-state index < -0.39 is 0 Å². The third kappa shape index (κ3) is 4.83. The number of carbonyl (C=O) groups excluding carboxylic acids is 1. The molecule has 3 rings (SSSR count). The normalized spacial score (nSPS) is 15.6. The highest BCUT2D eigenvalue weighted by molar-refractivity contribution is 8.00. The fourth-order valence-corrected chi connectivity index (χ4v) is 4.05. The number of anilines is 1. The zero-order valence-corrected chi connectivity index (χ0v) is 17.3. The third-order valence-electron chi connectivity index (χ3n) is 4.75. The number of benzene rings is 1. The van der Waals surface area contributed by atoms with Gasteiger partial charge in [0, 0.05) is 19.6 Å². The van der Waals surface area contributed by atoms with E-state index in [1.165, 1.54) is 36.6 Å². The summed E-state index contributed by atoms with van der Waals surface area (Å²) in [4.78, 5) is 14.6. The molecule has 1 aliphatic rings. The Balaban J connectivity index is 1.90. The molecule has 146 valence electrons. The van der Waals surface area contributed by atoms with Crippen LogP contribution in [0.4, 0.5) is 5.95 Å². The smallest absolute Gasteiger partial charge is 0.233 e. The van der Waals surface area contributed by atoms with Gasteiger partial charge in [0.1, 0.15) is 0 Å². The molecule has 1 aromatic heterocycles. The van der Waals surface area contributed by atoms with Crippen LogP contribution < -0.4 is 10.2 Å². The number of hydrogen-bond acceptors (Lipinski definition) is 5. The standard InChI is InChI=1S/C20H29N5OS/c1-4-12-21-18(26)16(3)27-20-23-22-19(24-13-6-5-7-14-24)25(20)17-10-8-15(2)9-11-17/h8-11,16H,4-7,12-14H2,1-3H3,(H,21,26). The van der Waals surface area contributed by atoms with Crippen molar-refractivity contribution in [3.63, 3.8) is 0 Å². The van der Waals surface area contributed by atoms with Gasteiger partial charge in [-0.3, -0.25) is 9.36 Å². The van der Waals surface area contributed by atoms with Crippen molar-refractivity contribution >= 4 is 23.6 Å². The van der Waals surface area contributed by atoms with Gasteiger partial charge in [-0.15, -0.1) is 10.2 Å². The van der Waals surface area contributed by atoms with E-state index in [2.05, 4.69) is 63.1 Å². The van der Waals surface area contributed by atoms with Crippen molar-refractivity contribution in [2.45, 2.75) is 56.9 Å². The molecule has 0 bridgehead atoms. The monoisotopic (exact) mass is 387 g/mol. The highest BCUT2D eigenvalue weighted by atomic mass is 32.2. The fraction of sp³-hybridized carbons (Fsp3) is 0.550. The van der Waals surface area contributed by atoms with Crippen molar-refractivity contribution < 1.29 is 4.79 Å². The van der Waals surface area contributed by atoms with E-state index in [-0.39, 0.29) is 11.2 Å². The number of nitrogens with zero attached hydrogens (tertiary/aromatic N) is 4. The molecule has 1 atom stereocenters. The maximum Gasteiger partial charge on any atom is 0.233 e. The number of nitrogens with one attached hydrogen (secondary N) is 1. The van der Waals surface area contributed by atoms with E-state index in [0.29, 0.717) is 6.54 Å². The number of carbonyl (C=O) groups is 1. The summed E-state index contributed by atoms with van der Waals surface area (Å²) in [5.41, 5.74) is 2.25. The minimum absolute atomic E-state index is 0.0415. The van der Waals surface area contributed by atoms with Gasteiger partial charge in [0.05, 0.1) is 10.9 Å². The van der Waals surface area contributed by atoms with E-state index in [4.69, 9.17) is 0 Å². The Morgan fingerprint density at radius 3 is 2.56 bits per heavy atom. The molecule has 1 unspecified atom stereocenters. The first-order valence-corrected chi connectivity index (χ1v) is 10.7. The molecule has 1 aliphatic heterocycles. The summed E-state index contributed by atoms with van der Waals surface area (Å²) in [6, 6.07) is 8.39. The molecule has 1 aromatic carbocycles. The van der Waals surface area contributed by atoms with Crippen LogP contribution in [-0.2, 0) is 4.79 Å². The lowest BCUT2D eigenvalue weighted by Crippen LogP contribution is -2.32. The van der Waals surface area contributed by atoms with Crippen LogP contribution in [-0.4, -0.2) is 45.6 Å². The molecular formula is C20H29N5OS. The van der Waals surface area contributed by atoms with E-state index in [1.54, 1.807) is 0 Å². The summed E-state index contributed by atoms with van der Waals surface area (Å²) in [5.74, 6) is 0.919. The van der Waals surface area contributed by atoms with Crippen LogP contribution in [0.3, 0.4) is 0 Å². The van der Waals surface area contributed by atoms with Crippen LogP contribution in [0, 0.1) is 6.92 Å². The van der Waals surface area contributed by atoms with Crippen molar-refractivity contribution in [3.05, 3.63) is 29.8 Å². The highest BCUT2D eigenvalue weighted by Gasteiger charge is 2.24. The van der Waals surface area contributed by atoms with Crippen LogP contribution in [0.15, 0.2) is 29.4 Å². The Morgan fingerprint density at radius 2 is 1.89 bits per heavy atom. The second kappa shape index (κ2) is 9.26. The molecule has 2 heterocycles. The Hall–Kier alpha value is -2.02. The topological polar surface area (TPSA) is 63.1 Å². The van der Waals surface area contributed by atoms with Crippen LogP contribution in [0.2, 0.25) is 0 Å². The van der Waals surface area contributed by atoms with E-state index in [0.717, 1.165) is 36.3 Å². The van der Waals surface area contributed by atoms with Gasteiger partial charge in [0.15, 0.2) is 5.16 Å². The first-order valence-electron chi connectivity index (χ1n) is 9.82. The lowest BCUT2D eigenvalue weighted by atomic mass is 10.1. The Morgan fingerprint density at radius 1 is 1.19 bits per heavy atom. The number of amides is 1. The Labute approximate surface area is 165 Å². The SMILES string of the molecule is CCCNC(=O)C(C)Sc1nnc(N2CCCCC2)n1-c1ccc(C)cc1. The lowest BCUT2D eigenvalue weighted by Gasteiger charge is -2.28. The van der Waals surface area contributed by atoms with Crippen molar-refractivity contribution in [3.8, 4) is 5.69 Å². The summed E-state index contributed by atoms with van der Waals surface area (Å²) < 4.78 is 2.10. The first-order chi connectivity index (χ1) is 13.1. The molecule has 0 saturated carbocycles. The number of aromatic nitrogens is 3. The van der Waals surface area contributed by atoms with Gasteiger partial charge in [-0.2, -0.15) is 0 Å². The molecule has 1 N–H and O–H groups in total. The van der Waals surface area contributed by atoms with Gasteiger partial charge in [0.2, 0.25) is 11.9 Å². The van der Waals surface area contributed by atoms with Crippen molar-refractivity contribution in [2.75, 3.05) is 24.5 Å². The van der Waals surface area contributed by atoms with Crippen LogP contribution in [0.1, 0.15) is 45.1 Å². The number of rotatable bonds is 7. The van der Waals surface area contributed by atoms with Crippen LogP contribution in [0.25, 0.3) is 5.69 Å². The maximum atomic E-state index is 12.3. The maximum absolute atomic E-state index is 12.3. The van der Waals surface area contributed by atoms with Crippen LogP contribution >= 0.6 is 11.8 Å². The zero-order chi connectivity index (χ0) is 19.2. The van der Waals surface area contributed by atoms with Crippen molar-refractivity contribution in [1.82, 2.24) is 20.1 Å². The molecular weight excluding hydrogens is 358 g/mol.